The normalized spacial score (nSPS) is 17.2. The van der Waals surface area contributed by atoms with Crippen molar-refractivity contribution in [1.82, 2.24) is 19.7 Å². The quantitative estimate of drug-likeness (QED) is 0.489. The zero-order valence-corrected chi connectivity index (χ0v) is 18.8. The molecule has 1 aliphatic heterocycles. The van der Waals surface area contributed by atoms with Gasteiger partial charge in [0, 0.05) is 13.0 Å². The van der Waals surface area contributed by atoms with Crippen molar-refractivity contribution < 1.29 is 14.3 Å². The number of para-hydroxylation sites is 2. The van der Waals surface area contributed by atoms with E-state index in [9.17, 15) is 4.79 Å². The minimum Gasteiger partial charge on any atom is -0.486 e. The van der Waals surface area contributed by atoms with E-state index in [0.717, 1.165) is 41.9 Å². The van der Waals surface area contributed by atoms with Gasteiger partial charge in [-0.25, -0.2) is 0 Å². The first kappa shape index (κ1) is 20.9. The molecule has 1 unspecified atom stereocenters. The van der Waals surface area contributed by atoms with E-state index in [0.29, 0.717) is 24.8 Å². The molecule has 1 aliphatic carbocycles. The van der Waals surface area contributed by atoms with Crippen LogP contribution in [-0.2, 0) is 11.3 Å². The Balaban J connectivity index is 1.19. The zero-order chi connectivity index (χ0) is 21.9. The van der Waals surface area contributed by atoms with Crippen molar-refractivity contribution in [3.63, 3.8) is 0 Å². The van der Waals surface area contributed by atoms with Gasteiger partial charge < -0.3 is 18.9 Å². The lowest BCUT2D eigenvalue weighted by molar-refractivity contribution is -0.128. The van der Waals surface area contributed by atoms with Crippen LogP contribution in [0.15, 0.2) is 59.8 Å². The molecule has 2 heterocycles. The predicted molar refractivity (Wildman–Crippen MR) is 122 cm³/mol. The van der Waals surface area contributed by atoms with Crippen LogP contribution in [0.3, 0.4) is 0 Å². The molecule has 32 heavy (non-hydrogen) atoms. The molecule has 0 saturated heterocycles. The SMILES string of the molecule is CN(CC1COc2ccccc2O1)C(=O)CSc1nnc(C2CC2)n1Cc1ccccc1. The summed E-state index contributed by atoms with van der Waals surface area (Å²) in [6.07, 6.45) is 2.13. The van der Waals surface area contributed by atoms with Gasteiger partial charge in [0.15, 0.2) is 22.8 Å². The fourth-order valence-electron chi connectivity index (χ4n) is 3.76. The number of rotatable bonds is 8. The van der Waals surface area contributed by atoms with Gasteiger partial charge in [-0.15, -0.1) is 10.2 Å². The summed E-state index contributed by atoms with van der Waals surface area (Å²) in [5, 5.41) is 9.64. The molecule has 1 amide bonds. The number of carbonyl (C=O) groups excluding carboxylic acids is 1. The lowest BCUT2D eigenvalue weighted by Gasteiger charge is -2.29. The Kier molecular flexibility index (Phi) is 6.03. The van der Waals surface area contributed by atoms with Crippen molar-refractivity contribution in [2.45, 2.75) is 36.6 Å². The van der Waals surface area contributed by atoms with Crippen LogP contribution in [0.5, 0.6) is 11.5 Å². The highest BCUT2D eigenvalue weighted by Crippen LogP contribution is 2.40. The molecule has 5 rings (SSSR count). The van der Waals surface area contributed by atoms with E-state index < -0.39 is 0 Å². The Labute approximate surface area is 191 Å². The number of ether oxygens (including phenoxy) is 2. The summed E-state index contributed by atoms with van der Waals surface area (Å²) in [5.41, 5.74) is 1.20. The zero-order valence-electron chi connectivity index (χ0n) is 18.0. The number of aromatic nitrogens is 3. The Hall–Kier alpha value is -3.00. The highest BCUT2D eigenvalue weighted by atomic mass is 32.2. The molecule has 0 bridgehead atoms. The van der Waals surface area contributed by atoms with Crippen molar-refractivity contribution in [3.05, 3.63) is 66.0 Å². The third-order valence-electron chi connectivity index (χ3n) is 5.67. The highest BCUT2D eigenvalue weighted by molar-refractivity contribution is 7.99. The third-order valence-corrected chi connectivity index (χ3v) is 6.62. The van der Waals surface area contributed by atoms with Crippen LogP contribution >= 0.6 is 11.8 Å². The molecule has 3 aromatic rings. The number of fused-ring (bicyclic) bond motifs is 1. The number of thioether (sulfide) groups is 1. The number of hydrogen-bond donors (Lipinski definition) is 0. The van der Waals surface area contributed by atoms with Crippen LogP contribution in [0.1, 0.15) is 30.1 Å². The smallest absolute Gasteiger partial charge is 0.232 e. The number of likely N-dealkylation sites (N-methyl/N-ethyl adjacent to an activating group) is 1. The van der Waals surface area contributed by atoms with E-state index in [1.54, 1.807) is 11.9 Å². The molecular formula is C24H26N4O3S. The number of hydrogen-bond acceptors (Lipinski definition) is 6. The summed E-state index contributed by atoms with van der Waals surface area (Å²) in [5.74, 6) is 3.32. The van der Waals surface area contributed by atoms with Crippen LogP contribution in [0.2, 0.25) is 0 Å². The van der Waals surface area contributed by atoms with Gasteiger partial charge in [0.05, 0.1) is 18.8 Å². The van der Waals surface area contributed by atoms with E-state index >= 15 is 0 Å². The molecule has 1 fully saturated rings. The fourth-order valence-corrected chi connectivity index (χ4v) is 4.65. The van der Waals surface area contributed by atoms with Crippen molar-refractivity contribution >= 4 is 17.7 Å². The Bertz CT molecular complexity index is 1080. The fraction of sp³-hybridized carbons (Fsp3) is 0.375. The highest BCUT2D eigenvalue weighted by Gasteiger charge is 2.31. The molecule has 1 saturated carbocycles. The standard InChI is InChI=1S/C24H26N4O3S/c1-27(14-19-15-30-20-9-5-6-10-21(20)31-19)22(29)16-32-24-26-25-23(18-11-12-18)28(24)13-17-7-3-2-4-8-17/h2-10,18-19H,11-16H2,1H3. The van der Waals surface area contributed by atoms with Crippen molar-refractivity contribution in [3.8, 4) is 11.5 Å². The molecule has 8 heteroatoms. The van der Waals surface area contributed by atoms with Crippen molar-refractivity contribution in [2.75, 3.05) is 26.0 Å². The summed E-state index contributed by atoms with van der Waals surface area (Å²) in [6.45, 7) is 1.62. The molecule has 2 aliphatic rings. The molecule has 0 radical (unpaired) electrons. The summed E-state index contributed by atoms with van der Waals surface area (Å²) in [7, 11) is 1.80. The van der Waals surface area contributed by atoms with Gasteiger partial charge in [-0.3, -0.25) is 4.79 Å². The van der Waals surface area contributed by atoms with E-state index in [2.05, 4.69) is 26.9 Å². The maximum absolute atomic E-state index is 12.8. The molecule has 1 atom stereocenters. The lowest BCUT2D eigenvalue weighted by atomic mass is 10.2. The topological polar surface area (TPSA) is 69.5 Å². The summed E-state index contributed by atoms with van der Waals surface area (Å²) < 4.78 is 13.9. The molecule has 1 aromatic heterocycles. The van der Waals surface area contributed by atoms with Crippen LogP contribution in [0, 0.1) is 0 Å². The second kappa shape index (κ2) is 9.24. The van der Waals surface area contributed by atoms with Gasteiger partial charge in [0.1, 0.15) is 12.4 Å². The Morgan fingerprint density at radius 1 is 1.09 bits per heavy atom. The van der Waals surface area contributed by atoms with Crippen LogP contribution in [-0.4, -0.2) is 57.6 Å². The van der Waals surface area contributed by atoms with Gasteiger partial charge >= 0.3 is 0 Å². The lowest BCUT2D eigenvalue weighted by Crippen LogP contribution is -2.42. The minimum atomic E-state index is -0.188. The molecule has 7 nitrogen and oxygen atoms in total. The number of benzene rings is 2. The van der Waals surface area contributed by atoms with Crippen molar-refractivity contribution in [1.29, 1.82) is 0 Å². The van der Waals surface area contributed by atoms with E-state index in [-0.39, 0.29) is 12.0 Å². The molecular weight excluding hydrogens is 424 g/mol. The third kappa shape index (κ3) is 4.75. The summed E-state index contributed by atoms with van der Waals surface area (Å²) in [6, 6.07) is 17.9. The minimum absolute atomic E-state index is 0.0275. The first-order valence-corrected chi connectivity index (χ1v) is 11.9. The van der Waals surface area contributed by atoms with Gasteiger partial charge in [-0.1, -0.05) is 54.2 Å². The van der Waals surface area contributed by atoms with Crippen LogP contribution in [0.4, 0.5) is 0 Å². The van der Waals surface area contributed by atoms with E-state index in [1.807, 2.05) is 42.5 Å². The average molecular weight is 451 g/mol. The van der Waals surface area contributed by atoms with Gasteiger partial charge in [-0.2, -0.15) is 0 Å². The Morgan fingerprint density at radius 3 is 2.62 bits per heavy atom. The first-order chi connectivity index (χ1) is 15.7. The number of carbonyl (C=O) groups is 1. The molecule has 2 aromatic carbocycles. The van der Waals surface area contributed by atoms with Crippen molar-refractivity contribution in [2.24, 2.45) is 0 Å². The monoisotopic (exact) mass is 450 g/mol. The Morgan fingerprint density at radius 2 is 1.84 bits per heavy atom. The van der Waals surface area contributed by atoms with E-state index in [1.165, 1.54) is 17.3 Å². The second-order valence-corrected chi connectivity index (χ2v) is 9.19. The van der Waals surface area contributed by atoms with Gasteiger partial charge in [-0.05, 0) is 30.5 Å². The molecule has 0 N–H and O–H groups in total. The average Bonchev–Trinajstić information content (AvgIpc) is 3.59. The van der Waals surface area contributed by atoms with Crippen LogP contribution < -0.4 is 9.47 Å². The molecule has 166 valence electrons. The first-order valence-electron chi connectivity index (χ1n) is 10.9. The number of nitrogens with zero attached hydrogens (tertiary/aromatic N) is 4. The summed E-state index contributed by atoms with van der Waals surface area (Å²) in [4.78, 5) is 14.5. The maximum Gasteiger partial charge on any atom is 0.232 e. The number of amides is 1. The predicted octanol–water partition coefficient (Wildman–Crippen LogP) is 3.59. The van der Waals surface area contributed by atoms with E-state index in [4.69, 9.17) is 9.47 Å². The van der Waals surface area contributed by atoms with Gasteiger partial charge in [0.2, 0.25) is 5.91 Å². The maximum atomic E-state index is 12.8. The van der Waals surface area contributed by atoms with Crippen LogP contribution in [0.25, 0.3) is 0 Å². The second-order valence-electron chi connectivity index (χ2n) is 8.25. The van der Waals surface area contributed by atoms with Gasteiger partial charge in [0.25, 0.3) is 0 Å². The summed E-state index contributed by atoms with van der Waals surface area (Å²) >= 11 is 1.45. The molecule has 0 spiro atoms. The largest absolute Gasteiger partial charge is 0.486 e.